The van der Waals surface area contributed by atoms with E-state index in [2.05, 4.69) is 10.3 Å². The zero-order chi connectivity index (χ0) is 13.2. The molecule has 1 aliphatic rings. The molecular weight excluding hydrogens is 300 g/mol. The zero-order valence-corrected chi connectivity index (χ0v) is 12.3. The smallest absolute Gasteiger partial charge is 0.271 e. The second kappa shape index (κ2) is 5.53. The van der Waals surface area contributed by atoms with E-state index in [4.69, 9.17) is 11.6 Å². The summed E-state index contributed by atoms with van der Waals surface area (Å²) in [6.07, 6.45) is 0.911. The van der Waals surface area contributed by atoms with Crippen molar-refractivity contribution in [1.29, 1.82) is 0 Å². The van der Waals surface area contributed by atoms with Gasteiger partial charge in [-0.3, -0.25) is 4.79 Å². The Morgan fingerprint density at radius 1 is 1.47 bits per heavy atom. The van der Waals surface area contributed by atoms with Crippen LogP contribution in [0.1, 0.15) is 28.5 Å². The van der Waals surface area contributed by atoms with Gasteiger partial charge in [0.2, 0.25) is 0 Å². The van der Waals surface area contributed by atoms with E-state index < -0.39 is 0 Å². The molecule has 3 rings (SSSR count). The Morgan fingerprint density at radius 3 is 3.16 bits per heavy atom. The first-order valence-corrected chi connectivity index (χ1v) is 8.16. The molecule has 0 saturated carbocycles. The molecule has 6 heteroatoms. The second-order valence-corrected chi connectivity index (χ2v) is 6.51. The van der Waals surface area contributed by atoms with E-state index in [1.807, 2.05) is 18.2 Å². The van der Waals surface area contributed by atoms with Crippen molar-refractivity contribution in [2.75, 3.05) is 5.75 Å². The highest BCUT2D eigenvalue weighted by molar-refractivity contribution is 7.99. The Morgan fingerprint density at radius 2 is 2.37 bits per heavy atom. The van der Waals surface area contributed by atoms with Crippen molar-refractivity contribution in [2.24, 2.45) is 0 Å². The predicted molar refractivity (Wildman–Crippen MR) is 79.1 cm³/mol. The summed E-state index contributed by atoms with van der Waals surface area (Å²) in [7, 11) is 0. The summed E-state index contributed by atoms with van der Waals surface area (Å²) < 4.78 is 0. The van der Waals surface area contributed by atoms with Gasteiger partial charge < -0.3 is 5.32 Å². The van der Waals surface area contributed by atoms with E-state index >= 15 is 0 Å². The lowest BCUT2D eigenvalue weighted by molar-refractivity contribution is 0.0930. The van der Waals surface area contributed by atoms with Crippen molar-refractivity contribution in [3.05, 3.63) is 45.4 Å². The fourth-order valence-electron chi connectivity index (χ4n) is 2.07. The van der Waals surface area contributed by atoms with Crippen molar-refractivity contribution in [3.63, 3.8) is 0 Å². The van der Waals surface area contributed by atoms with Crippen LogP contribution in [0.15, 0.2) is 34.0 Å². The molecule has 0 saturated heterocycles. The molecule has 1 unspecified atom stereocenters. The molecule has 2 aromatic rings. The van der Waals surface area contributed by atoms with Crippen molar-refractivity contribution in [1.82, 2.24) is 10.3 Å². The summed E-state index contributed by atoms with van der Waals surface area (Å²) in [5.41, 5.74) is 3.25. The number of thioether (sulfide) groups is 1. The number of fused-ring (bicyclic) bond motifs is 1. The van der Waals surface area contributed by atoms with Crippen LogP contribution in [0.5, 0.6) is 0 Å². The predicted octanol–water partition coefficient (Wildman–Crippen LogP) is 3.76. The van der Waals surface area contributed by atoms with Gasteiger partial charge in [-0.25, -0.2) is 4.98 Å². The van der Waals surface area contributed by atoms with Crippen molar-refractivity contribution in [2.45, 2.75) is 17.4 Å². The maximum atomic E-state index is 12.1. The molecule has 1 aromatic carbocycles. The molecule has 0 spiro atoms. The largest absolute Gasteiger partial charge is 0.344 e. The van der Waals surface area contributed by atoms with E-state index in [1.165, 1.54) is 16.2 Å². The number of benzene rings is 1. The monoisotopic (exact) mass is 310 g/mol. The molecule has 98 valence electrons. The Bertz CT molecular complexity index is 601. The van der Waals surface area contributed by atoms with Gasteiger partial charge in [0.05, 0.1) is 11.6 Å². The number of carbonyl (C=O) groups excluding carboxylic acids is 1. The molecule has 1 aromatic heterocycles. The normalized spacial score (nSPS) is 17.8. The quantitative estimate of drug-likeness (QED) is 0.918. The molecule has 19 heavy (non-hydrogen) atoms. The number of nitrogens with one attached hydrogen (secondary N) is 1. The third kappa shape index (κ3) is 2.78. The third-order valence-corrected chi connectivity index (χ3v) is 4.93. The molecule has 3 nitrogen and oxygen atoms in total. The summed E-state index contributed by atoms with van der Waals surface area (Å²) in [4.78, 5) is 17.3. The minimum atomic E-state index is -0.121. The number of halogens is 1. The lowest BCUT2D eigenvalue weighted by Gasteiger charge is -2.25. The molecule has 0 radical (unpaired) electrons. The molecule has 1 aliphatic heterocycles. The van der Waals surface area contributed by atoms with Crippen molar-refractivity contribution >= 4 is 40.6 Å². The maximum absolute atomic E-state index is 12.1. The summed E-state index contributed by atoms with van der Waals surface area (Å²) in [5.74, 6) is 0.875. The van der Waals surface area contributed by atoms with Gasteiger partial charge in [0.15, 0.2) is 0 Å². The Balaban J connectivity index is 1.84. The highest BCUT2D eigenvalue weighted by Crippen LogP contribution is 2.37. The number of hydrogen-bond donors (Lipinski definition) is 1. The first kappa shape index (κ1) is 13.0. The number of aromatic nitrogens is 1. The minimum absolute atomic E-state index is 0.0177. The van der Waals surface area contributed by atoms with Gasteiger partial charge in [-0.1, -0.05) is 11.6 Å². The van der Waals surface area contributed by atoms with Crippen LogP contribution < -0.4 is 5.32 Å². The molecule has 0 fully saturated rings. The Hall–Kier alpha value is -1.04. The SMILES string of the molecule is O=C(NC1CCSc2ccc(Cl)cc21)c1cscn1. The summed E-state index contributed by atoms with van der Waals surface area (Å²) in [6.45, 7) is 0. The van der Waals surface area contributed by atoms with E-state index in [1.54, 1.807) is 22.7 Å². The number of carbonyl (C=O) groups is 1. The van der Waals surface area contributed by atoms with Crippen LogP contribution in [0.3, 0.4) is 0 Å². The number of thiazole rings is 1. The van der Waals surface area contributed by atoms with E-state index in [9.17, 15) is 4.79 Å². The molecule has 0 aliphatic carbocycles. The molecule has 2 heterocycles. The molecule has 1 amide bonds. The average molecular weight is 311 g/mol. The summed E-state index contributed by atoms with van der Waals surface area (Å²) >= 11 is 9.27. The molecule has 1 N–H and O–H groups in total. The van der Waals surface area contributed by atoms with Gasteiger partial charge in [-0.15, -0.1) is 23.1 Å². The Labute approximate surface area is 124 Å². The fourth-order valence-corrected chi connectivity index (χ4v) is 3.89. The van der Waals surface area contributed by atoms with E-state index in [0.29, 0.717) is 10.7 Å². The van der Waals surface area contributed by atoms with E-state index in [-0.39, 0.29) is 11.9 Å². The highest BCUT2D eigenvalue weighted by Gasteiger charge is 2.23. The Kier molecular flexibility index (Phi) is 3.77. The van der Waals surface area contributed by atoms with Gasteiger partial charge in [-0.2, -0.15) is 0 Å². The van der Waals surface area contributed by atoms with Crippen LogP contribution in [0.2, 0.25) is 5.02 Å². The number of rotatable bonds is 2. The zero-order valence-electron chi connectivity index (χ0n) is 9.93. The summed E-state index contributed by atoms with van der Waals surface area (Å²) in [5, 5.41) is 5.50. The van der Waals surface area contributed by atoms with Crippen LogP contribution in [-0.4, -0.2) is 16.6 Å². The molecule has 0 bridgehead atoms. The van der Waals surface area contributed by atoms with Gasteiger partial charge >= 0.3 is 0 Å². The summed E-state index contributed by atoms with van der Waals surface area (Å²) in [6, 6.07) is 5.86. The van der Waals surface area contributed by atoms with Crippen LogP contribution in [0.4, 0.5) is 0 Å². The first-order valence-electron chi connectivity index (χ1n) is 5.85. The van der Waals surface area contributed by atoms with Crippen LogP contribution in [0, 0.1) is 0 Å². The second-order valence-electron chi connectivity index (χ2n) is 4.22. The highest BCUT2D eigenvalue weighted by atomic mass is 35.5. The van der Waals surface area contributed by atoms with Gasteiger partial charge in [0, 0.05) is 21.1 Å². The van der Waals surface area contributed by atoms with Gasteiger partial charge in [0.25, 0.3) is 5.91 Å². The van der Waals surface area contributed by atoms with Crippen molar-refractivity contribution < 1.29 is 4.79 Å². The lowest BCUT2D eigenvalue weighted by atomic mass is 10.0. The van der Waals surface area contributed by atoms with Crippen molar-refractivity contribution in [3.8, 4) is 0 Å². The first-order chi connectivity index (χ1) is 9.24. The van der Waals surface area contributed by atoms with E-state index in [0.717, 1.165) is 17.7 Å². The maximum Gasteiger partial charge on any atom is 0.271 e. The number of hydrogen-bond acceptors (Lipinski definition) is 4. The van der Waals surface area contributed by atoms with Gasteiger partial charge in [-0.05, 0) is 30.2 Å². The topological polar surface area (TPSA) is 42.0 Å². The fraction of sp³-hybridized carbons (Fsp3) is 0.231. The number of amides is 1. The van der Waals surface area contributed by atoms with Crippen LogP contribution in [-0.2, 0) is 0 Å². The third-order valence-electron chi connectivity index (χ3n) is 2.98. The lowest BCUT2D eigenvalue weighted by Crippen LogP contribution is -2.30. The van der Waals surface area contributed by atoms with Crippen LogP contribution >= 0.6 is 34.7 Å². The molecular formula is C13H11ClN2OS2. The molecule has 1 atom stereocenters. The number of nitrogens with zero attached hydrogens (tertiary/aromatic N) is 1. The minimum Gasteiger partial charge on any atom is -0.344 e. The van der Waals surface area contributed by atoms with Gasteiger partial charge in [0.1, 0.15) is 5.69 Å². The van der Waals surface area contributed by atoms with Crippen LogP contribution in [0.25, 0.3) is 0 Å². The average Bonchev–Trinajstić information content (AvgIpc) is 2.93. The standard InChI is InChI=1S/C13H11ClN2OS2/c14-8-1-2-12-9(5-8)10(3-4-19-12)16-13(17)11-6-18-7-15-11/h1-2,5-7,10H,3-4H2,(H,16,17).